The summed E-state index contributed by atoms with van der Waals surface area (Å²) in [5.41, 5.74) is 2.10. The largest absolute Gasteiger partial charge is 0.336 e. The fraction of sp³-hybridized carbons (Fsp3) is 0.500. The molecule has 3 aromatic rings. The molecule has 3 rings (SSSR count). The Morgan fingerprint density at radius 3 is 1.47 bits per heavy atom. The van der Waals surface area contributed by atoms with Gasteiger partial charge in [-0.3, -0.25) is 0 Å². The maximum absolute atomic E-state index is 6.18. The van der Waals surface area contributed by atoms with Crippen LogP contribution in [0, 0.1) is 0 Å². The second-order valence-electron chi connectivity index (χ2n) is 9.25. The van der Waals surface area contributed by atoms with Crippen molar-refractivity contribution in [1.82, 2.24) is 29.7 Å². The van der Waals surface area contributed by atoms with Crippen molar-refractivity contribution in [2.45, 2.75) is 74.2 Å². The van der Waals surface area contributed by atoms with E-state index in [0.717, 1.165) is 23.2 Å². The third-order valence-corrected chi connectivity index (χ3v) is 6.43. The second kappa shape index (κ2) is 8.50. The first kappa shape index (κ1) is 22.5. The molecule has 0 amide bonds. The molecule has 2 heterocycles. The molecule has 1 aromatic carbocycles. The number of nitrogens with zero attached hydrogens (tertiary/aromatic N) is 6. The Bertz CT molecular complexity index is 933. The van der Waals surface area contributed by atoms with Gasteiger partial charge < -0.3 is 11.7 Å². The minimum Gasteiger partial charge on any atom is -0.336 e. The first-order valence-electron chi connectivity index (χ1n) is 9.72. The second-order valence-corrected chi connectivity index (χ2v) is 11.1. The minimum atomic E-state index is -0.145. The molecule has 10 heteroatoms. The average Bonchev–Trinajstić information content (AvgIpc) is 3.20. The van der Waals surface area contributed by atoms with Crippen LogP contribution in [0.3, 0.4) is 0 Å². The van der Waals surface area contributed by atoms with Gasteiger partial charge in [0.15, 0.2) is 11.6 Å². The first-order valence-corrected chi connectivity index (χ1v) is 11.7. The van der Waals surface area contributed by atoms with Gasteiger partial charge in [0.25, 0.3) is 0 Å². The molecule has 0 saturated carbocycles. The summed E-state index contributed by atoms with van der Waals surface area (Å²) in [6.07, 6.45) is 0. The molecule has 0 radical (unpaired) electrons. The van der Waals surface area contributed by atoms with E-state index >= 15 is 0 Å². The number of nitrogen functional groups attached to an aromatic ring is 2. The number of hydrogen-bond donors (Lipinski definition) is 2. The van der Waals surface area contributed by atoms with E-state index in [2.05, 4.69) is 86.2 Å². The van der Waals surface area contributed by atoms with E-state index in [1.807, 2.05) is 0 Å². The summed E-state index contributed by atoms with van der Waals surface area (Å²) < 4.78 is 3.18. The van der Waals surface area contributed by atoms with Crippen molar-refractivity contribution >= 4 is 23.5 Å². The summed E-state index contributed by atoms with van der Waals surface area (Å²) >= 11 is 3.16. The Morgan fingerprint density at radius 2 is 1.13 bits per heavy atom. The van der Waals surface area contributed by atoms with Crippen LogP contribution in [0.25, 0.3) is 0 Å². The van der Waals surface area contributed by atoms with Crippen LogP contribution in [0.1, 0.15) is 64.3 Å². The predicted molar refractivity (Wildman–Crippen MR) is 123 cm³/mol. The summed E-state index contributed by atoms with van der Waals surface area (Å²) in [7, 11) is 0. The molecule has 162 valence electrons. The summed E-state index contributed by atoms with van der Waals surface area (Å²) in [5, 5.41) is 18.4. The molecule has 0 saturated heterocycles. The van der Waals surface area contributed by atoms with Crippen molar-refractivity contribution < 1.29 is 0 Å². The Hall–Kier alpha value is -2.20. The molecule has 8 nitrogen and oxygen atoms in total. The molecule has 0 unspecified atom stereocenters. The Morgan fingerprint density at radius 1 is 0.733 bits per heavy atom. The maximum Gasteiger partial charge on any atom is 0.210 e. The third kappa shape index (κ3) is 5.10. The van der Waals surface area contributed by atoms with E-state index in [9.17, 15) is 0 Å². The molecule has 0 bridgehead atoms. The van der Waals surface area contributed by atoms with Crippen LogP contribution in [0.2, 0.25) is 0 Å². The van der Waals surface area contributed by atoms with E-state index in [4.69, 9.17) is 11.7 Å². The zero-order valence-electron chi connectivity index (χ0n) is 18.4. The van der Waals surface area contributed by atoms with Gasteiger partial charge in [-0.25, -0.2) is 9.35 Å². The van der Waals surface area contributed by atoms with Crippen molar-refractivity contribution in [1.29, 1.82) is 0 Å². The summed E-state index contributed by atoms with van der Waals surface area (Å²) in [6, 6.07) is 8.45. The van der Waals surface area contributed by atoms with Crippen LogP contribution in [0.4, 0.5) is 0 Å². The summed E-state index contributed by atoms with van der Waals surface area (Å²) in [5.74, 6) is 15.4. The van der Waals surface area contributed by atoms with Gasteiger partial charge in [0.2, 0.25) is 10.3 Å². The van der Waals surface area contributed by atoms with Gasteiger partial charge in [-0.2, -0.15) is 0 Å². The topological polar surface area (TPSA) is 113 Å². The zero-order valence-corrected chi connectivity index (χ0v) is 20.0. The van der Waals surface area contributed by atoms with Crippen LogP contribution >= 0.6 is 23.5 Å². The van der Waals surface area contributed by atoms with Crippen LogP contribution in [-0.2, 0) is 22.3 Å². The molecule has 0 spiro atoms. The van der Waals surface area contributed by atoms with E-state index in [1.165, 1.54) is 11.1 Å². The Kier molecular flexibility index (Phi) is 6.37. The van der Waals surface area contributed by atoms with Crippen LogP contribution in [0.5, 0.6) is 0 Å². The molecule has 0 aliphatic rings. The number of aromatic nitrogens is 6. The van der Waals surface area contributed by atoms with Gasteiger partial charge in [-0.15, -0.1) is 20.4 Å². The smallest absolute Gasteiger partial charge is 0.210 e. The van der Waals surface area contributed by atoms with Gasteiger partial charge in [0.1, 0.15) is 0 Å². The highest BCUT2D eigenvalue weighted by Gasteiger charge is 2.24. The number of nitrogens with two attached hydrogens (primary N) is 2. The highest BCUT2D eigenvalue weighted by Crippen LogP contribution is 2.28. The molecule has 0 atom stereocenters. The van der Waals surface area contributed by atoms with E-state index < -0.39 is 0 Å². The number of thioether (sulfide) groups is 2. The van der Waals surface area contributed by atoms with Gasteiger partial charge >= 0.3 is 0 Å². The van der Waals surface area contributed by atoms with Crippen molar-refractivity contribution in [3.05, 3.63) is 47.0 Å². The zero-order chi connectivity index (χ0) is 22.1. The molecule has 30 heavy (non-hydrogen) atoms. The Balaban J connectivity index is 1.63. The molecule has 0 aliphatic heterocycles. The monoisotopic (exact) mass is 446 g/mol. The number of hydrogen-bond acceptors (Lipinski definition) is 8. The summed E-state index contributed by atoms with van der Waals surface area (Å²) in [6.45, 7) is 12.4. The van der Waals surface area contributed by atoms with Gasteiger partial charge in [-0.05, 0) is 11.1 Å². The lowest BCUT2D eigenvalue weighted by atomic mass is 9.96. The number of rotatable bonds is 6. The molecule has 0 aliphatic carbocycles. The number of benzene rings is 1. The van der Waals surface area contributed by atoms with Gasteiger partial charge in [0.05, 0.1) is 0 Å². The maximum atomic E-state index is 6.18. The van der Waals surface area contributed by atoms with Gasteiger partial charge in [-0.1, -0.05) is 89.3 Å². The third-order valence-electron chi connectivity index (χ3n) is 4.40. The summed E-state index contributed by atoms with van der Waals surface area (Å²) in [4.78, 5) is 0. The van der Waals surface area contributed by atoms with Crippen molar-refractivity contribution in [2.24, 2.45) is 0 Å². The normalized spacial score (nSPS) is 12.5. The minimum absolute atomic E-state index is 0.145. The Labute approximate surface area is 186 Å². The van der Waals surface area contributed by atoms with E-state index in [-0.39, 0.29) is 10.8 Å². The van der Waals surface area contributed by atoms with Gasteiger partial charge in [0, 0.05) is 22.3 Å². The van der Waals surface area contributed by atoms with Crippen molar-refractivity contribution in [2.75, 3.05) is 11.7 Å². The lowest BCUT2D eigenvalue weighted by molar-refractivity contribution is 0.523. The average molecular weight is 447 g/mol. The molecule has 0 fully saturated rings. The van der Waals surface area contributed by atoms with Crippen LogP contribution in [0.15, 0.2) is 34.6 Å². The van der Waals surface area contributed by atoms with Crippen molar-refractivity contribution in [3.8, 4) is 0 Å². The first-order chi connectivity index (χ1) is 14.0. The lowest BCUT2D eigenvalue weighted by Gasteiger charge is -2.16. The van der Waals surface area contributed by atoms with Crippen molar-refractivity contribution in [3.63, 3.8) is 0 Å². The van der Waals surface area contributed by atoms with E-state index in [1.54, 1.807) is 32.9 Å². The molecular weight excluding hydrogens is 416 g/mol. The predicted octanol–water partition coefficient (Wildman–Crippen LogP) is 3.48. The molecule has 4 N–H and O–H groups in total. The highest BCUT2D eigenvalue weighted by molar-refractivity contribution is 7.98. The fourth-order valence-electron chi connectivity index (χ4n) is 2.88. The SMILES string of the molecule is CC(C)(C)c1nnc(SCc2cccc(CSc3nnc(C(C)(C)C)n3N)c2)n1N. The highest BCUT2D eigenvalue weighted by atomic mass is 32.2. The molecular formula is C20H30N8S2. The van der Waals surface area contributed by atoms with E-state index in [0.29, 0.717) is 10.3 Å². The van der Waals surface area contributed by atoms with Crippen LogP contribution < -0.4 is 11.7 Å². The van der Waals surface area contributed by atoms with Crippen LogP contribution in [-0.4, -0.2) is 29.7 Å². The lowest BCUT2D eigenvalue weighted by Crippen LogP contribution is -2.24. The quantitative estimate of drug-likeness (QED) is 0.437. The standard InChI is InChI=1S/C20H30N8S2/c1-19(2,3)15-23-25-17(27(15)21)29-11-13-8-7-9-14(10-13)12-30-18-26-24-16(28(18)22)20(4,5)6/h7-10H,11-12,21-22H2,1-6H3. The molecule has 2 aromatic heterocycles. The fourth-order valence-corrected chi connectivity index (χ4v) is 4.48.